The van der Waals surface area contributed by atoms with Gasteiger partial charge in [0.25, 0.3) is 0 Å². The Morgan fingerprint density at radius 3 is 2.68 bits per heavy atom. The smallest absolute Gasteiger partial charge is 0.238 e. The summed E-state index contributed by atoms with van der Waals surface area (Å²) in [6.45, 7) is 6.56. The van der Waals surface area contributed by atoms with Gasteiger partial charge in [0.2, 0.25) is 5.91 Å². The molecule has 2 atom stereocenters. The predicted molar refractivity (Wildman–Crippen MR) is 72.9 cm³/mol. The molecule has 19 heavy (non-hydrogen) atoms. The quantitative estimate of drug-likeness (QED) is 0.907. The molecule has 0 aromatic heterocycles. The Labute approximate surface area is 113 Å². The van der Waals surface area contributed by atoms with Gasteiger partial charge < -0.3 is 4.90 Å². The maximum Gasteiger partial charge on any atom is 0.238 e. The van der Waals surface area contributed by atoms with Crippen molar-refractivity contribution in [1.82, 2.24) is 10.2 Å². The number of hydrogen-bond donors (Lipinski definition) is 1. The summed E-state index contributed by atoms with van der Waals surface area (Å²) >= 11 is 0. The molecule has 0 bridgehead atoms. The summed E-state index contributed by atoms with van der Waals surface area (Å²) < 4.78 is 13.9. The van der Waals surface area contributed by atoms with Crippen LogP contribution in [-0.4, -0.2) is 23.4 Å². The van der Waals surface area contributed by atoms with Gasteiger partial charge in [0.1, 0.15) is 12.0 Å². The van der Waals surface area contributed by atoms with Crippen molar-refractivity contribution in [2.75, 3.05) is 6.54 Å². The molecule has 1 aromatic rings. The van der Waals surface area contributed by atoms with Crippen molar-refractivity contribution in [3.05, 3.63) is 35.6 Å². The third-order valence-electron chi connectivity index (χ3n) is 3.50. The first-order valence-electron chi connectivity index (χ1n) is 6.79. The molecular formula is C15H21FN2O. The molecule has 1 aliphatic rings. The van der Waals surface area contributed by atoms with E-state index in [0.717, 1.165) is 6.42 Å². The SMILES string of the molecule is CC(C)CC(C)N1C(=O)CNC1c1ccccc1F. The van der Waals surface area contributed by atoms with E-state index in [1.165, 1.54) is 6.07 Å². The van der Waals surface area contributed by atoms with Crippen LogP contribution >= 0.6 is 0 Å². The summed E-state index contributed by atoms with van der Waals surface area (Å²) in [6.07, 6.45) is 0.570. The van der Waals surface area contributed by atoms with Crippen LogP contribution in [0.15, 0.2) is 24.3 Å². The Kier molecular flexibility index (Phi) is 4.20. The van der Waals surface area contributed by atoms with Crippen LogP contribution in [0.2, 0.25) is 0 Å². The Bertz CT molecular complexity index is 461. The molecule has 4 heteroatoms. The normalized spacial score (nSPS) is 21.2. The third-order valence-corrected chi connectivity index (χ3v) is 3.50. The lowest BCUT2D eigenvalue weighted by atomic mass is 10.0. The van der Waals surface area contributed by atoms with Crippen LogP contribution in [0.4, 0.5) is 4.39 Å². The van der Waals surface area contributed by atoms with E-state index in [-0.39, 0.29) is 30.5 Å². The molecule has 3 nitrogen and oxygen atoms in total. The lowest BCUT2D eigenvalue weighted by Gasteiger charge is -2.31. The molecule has 0 aliphatic carbocycles. The molecule has 1 amide bonds. The standard InChI is InChI=1S/C15H21FN2O/c1-10(2)8-11(3)18-14(19)9-17-15(18)12-6-4-5-7-13(12)16/h4-7,10-11,15,17H,8-9H2,1-3H3. The number of carbonyl (C=O) groups excluding carboxylic acids is 1. The zero-order chi connectivity index (χ0) is 14.0. The number of benzene rings is 1. The van der Waals surface area contributed by atoms with Gasteiger partial charge in [-0.05, 0) is 25.3 Å². The first-order valence-corrected chi connectivity index (χ1v) is 6.79. The molecule has 1 aliphatic heterocycles. The molecule has 2 rings (SSSR count). The fourth-order valence-electron chi connectivity index (χ4n) is 2.77. The first-order chi connectivity index (χ1) is 9.00. The zero-order valence-corrected chi connectivity index (χ0v) is 11.7. The van der Waals surface area contributed by atoms with Gasteiger partial charge in [-0.1, -0.05) is 32.0 Å². The van der Waals surface area contributed by atoms with E-state index in [4.69, 9.17) is 0 Å². The van der Waals surface area contributed by atoms with Crippen LogP contribution in [0.1, 0.15) is 38.9 Å². The van der Waals surface area contributed by atoms with E-state index in [2.05, 4.69) is 19.2 Å². The second kappa shape index (κ2) is 5.70. The summed E-state index contributed by atoms with van der Waals surface area (Å²) in [5.74, 6) is 0.280. The maximum absolute atomic E-state index is 13.9. The van der Waals surface area contributed by atoms with Gasteiger partial charge in [-0.2, -0.15) is 0 Å². The van der Waals surface area contributed by atoms with Crippen molar-refractivity contribution >= 4 is 5.91 Å². The van der Waals surface area contributed by atoms with Crippen LogP contribution in [0, 0.1) is 11.7 Å². The average molecular weight is 264 g/mol. The van der Waals surface area contributed by atoms with Crippen molar-refractivity contribution < 1.29 is 9.18 Å². The summed E-state index contributed by atoms with van der Waals surface area (Å²) in [4.78, 5) is 13.8. The van der Waals surface area contributed by atoms with Gasteiger partial charge in [-0.15, -0.1) is 0 Å². The molecule has 0 radical (unpaired) electrons. The topological polar surface area (TPSA) is 32.3 Å². The number of halogens is 1. The van der Waals surface area contributed by atoms with E-state index in [1.54, 1.807) is 23.1 Å². The van der Waals surface area contributed by atoms with E-state index in [9.17, 15) is 9.18 Å². The van der Waals surface area contributed by atoms with E-state index >= 15 is 0 Å². The second-order valence-electron chi connectivity index (χ2n) is 5.58. The highest BCUT2D eigenvalue weighted by Crippen LogP contribution is 2.28. The second-order valence-corrected chi connectivity index (χ2v) is 5.58. The van der Waals surface area contributed by atoms with E-state index in [0.29, 0.717) is 11.5 Å². The Balaban J connectivity index is 2.25. The van der Waals surface area contributed by atoms with Crippen LogP contribution < -0.4 is 5.32 Å². The van der Waals surface area contributed by atoms with E-state index < -0.39 is 0 Å². The Morgan fingerprint density at radius 2 is 2.05 bits per heavy atom. The van der Waals surface area contributed by atoms with Gasteiger partial charge >= 0.3 is 0 Å². The minimum Gasteiger partial charge on any atom is -0.319 e. The number of hydrogen-bond acceptors (Lipinski definition) is 2. The highest BCUT2D eigenvalue weighted by Gasteiger charge is 2.36. The van der Waals surface area contributed by atoms with Gasteiger partial charge in [0, 0.05) is 11.6 Å². The third kappa shape index (κ3) is 2.95. The molecule has 1 heterocycles. The molecule has 1 fully saturated rings. The Morgan fingerprint density at radius 1 is 1.37 bits per heavy atom. The number of nitrogens with one attached hydrogen (secondary N) is 1. The van der Waals surface area contributed by atoms with Gasteiger partial charge in [-0.3, -0.25) is 10.1 Å². The summed E-state index contributed by atoms with van der Waals surface area (Å²) in [5, 5.41) is 3.10. The molecular weight excluding hydrogens is 243 g/mol. The Hall–Kier alpha value is -1.42. The van der Waals surface area contributed by atoms with Crippen molar-refractivity contribution in [2.45, 2.75) is 39.4 Å². The molecule has 2 unspecified atom stereocenters. The summed E-state index contributed by atoms with van der Waals surface area (Å²) in [5.41, 5.74) is 0.545. The van der Waals surface area contributed by atoms with Crippen LogP contribution in [0.25, 0.3) is 0 Å². The largest absolute Gasteiger partial charge is 0.319 e. The highest BCUT2D eigenvalue weighted by molar-refractivity contribution is 5.81. The van der Waals surface area contributed by atoms with Crippen molar-refractivity contribution in [1.29, 1.82) is 0 Å². The van der Waals surface area contributed by atoms with Crippen LogP contribution in [0.5, 0.6) is 0 Å². The fraction of sp³-hybridized carbons (Fsp3) is 0.533. The monoisotopic (exact) mass is 264 g/mol. The number of amides is 1. The number of carbonyl (C=O) groups is 1. The average Bonchev–Trinajstić information content (AvgIpc) is 2.70. The minimum atomic E-state index is -0.345. The van der Waals surface area contributed by atoms with Gasteiger partial charge in [-0.25, -0.2) is 4.39 Å². The predicted octanol–water partition coefficient (Wildman–Crippen LogP) is 2.69. The first kappa shape index (κ1) is 14.0. The summed E-state index contributed by atoms with van der Waals surface area (Å²) in [7, 11) is 0. The minimum absolute atomic E-state index is 0.0430. The van der Waals surface area contributed by atoms with Crippen LogP contribution in [0.3, 0.4) is 0 Å². The van der Waals surface area contributed by atoms with E-state index in [1.807, 2.05) is 6.92 Å². The number of nitrogens with zero attached hydrogens (tertiary/aromatic N) is 1. The molecule has 1 saturated heterocycles. The lowest BCUT2D eigenvalue weighted by molar-refractivity contribution is -0.130. The van der Waals surface area contributed by atoms with Crippen LogP contribution in [-0.2, 0) is 4.79 Å². The molecule has 1 N–H and O–H groups in total. The molecule has 104 valence electrons. The van der Waals surface area contributed by atoms with Gasteiger partial charge in [0.15, 0.2) is 0 Å². The molecule has 0 saturated carbocycles. The van der Waals surface area contributed by atoms with Gasteiger partial charge in [0.05, 0.1) is 6.54 Å². The zero-order valence-electron chi connectivity index (χ0n) is 11.7. The highest BCUT2D eigenvalue weighted by atomic mass is 19.1. The molecule has 0 spiro atoms. The maximum atomic E-state index is 13.9. The van der Waals surface area contributed by atoms with Crippen molar-refractivity contribution in [2.24, 2.45) is 5.92 Å². The molecule has 1 aromatic carbocycles. The lowest BCUT2D eigenvalue weighted by Crippen LogP contribution is -2.39. The summed E-state index contributed by atoms with van der Waals surface area (Å²) in [6, 6.07) is 6.74. The van der Waals surface area contributed by atoms with Crippen molar-refractivity contribution in [3.63, 3.8) is 0 Å². The fourth-order valence-corrected chi connectivity index (χ4v) is 2.77. The van der Waals surface area contributed by atoms with Crippen molar-refractivity contribution in [3.8, 4) is 0 Å². The number of rotatable bonds is 4.